The van der Waals surface area contributed by atoms with Crippen molar-refractivity contribution < 1.29 is 22.7 Å². The lowest BCUT2D eigenvalue weighted by atomic mass is 10.1. The van der Waals surface area contributed by atoms with E-state index in [4.69, 9.17) is 0 Å². The van der Waals surface area contributed by atoms with Crippen molar-refractivity contribution in [1.82, 2.24) is 9.55 Å². The summed E-state index contributed by atoms with van der Waals surface area (Å²) in [5.74, 6) is -2.33. The minimum Gasteiger partial charge on any atom is -0.494 e. The maximum atomic E-state index is 13.2. The third-order valence-corrected chi connectivity index (χ3v) is 2.82. The van der Waals surface area contributed by atoms with E-state index in [1.165, 1.54) is 6.92 Å². The average molecular weight is 304 g/mol. The van der Waals surface area contributed by atoms with E-state index in [0.29, 0.717) is 16.7 Å². The largest absolute Gasteiger partial charge is 0.494 e. The summed E-state index contributed by atoms with van der Waals surface area (Å²) in [7, 11) is 0. The SMILES string of the molecule is Cc1c(O)n(-c2ccc(F)c(C(F)(F)F)c2)c(=O)[nH]c1=O. The molecule has 2 aromatic rings. The number of aromatic amines is 1. The zero-order chi connectivity index (χ0) is 15.9. The first-order chi connectivity index (χ1) is 9.62. The van der Waals surface area contributed by atoms with Gasteiger partial charge in [-0.1, -0.05) is 0 Å². The van der Waals surface area contributed by atoms with Crippen LogP contribution in [0.3, 0.4) is 0 Å². The van der Waals surface area contributed by atoms with Crippen LogP contribution in [0.2, 0.25) is 0 Å². The number of aromatic nitrogens is 2. The predicted molar refractivity (Wildman–Crippen MR) is 64.0 cm³/mol. The van der Waals surface area contributed by atoms with Crippen molar-refractivity contribution in [1.29, 1.82) is 0 Å². The minimum absolute atomic E-state index is 0.257. The van der Waals surface area contributed by atoms with Gasteiger partial charge in [-0.15, -0.1) is 0 Å². The fourth-order valence-electron chi connectivity index (χ4n) is 1.72. The summed E-state index contributed by atoms with van der Waals surface area (Å²) in [5, 5.41) is 9.74. The Kier molecular flexibility index (Phi) is 3.36. The lowest BCUT2D eigenvalue weighted by molar-refractivity contribution is -0.140. The molecule has 0 aliphatic rings. The Morgan fingerprint density at radius 3 is 2.43 bits per heavy atom. The molecule has 0 atom stereocenters. The molecular weight excluding hydrogens is 296 g/mol. The summed E-state index contributed by atoms with van der Waals surface area (Å²) in [6.45, 7) is 1.18. The topological polar surface area (TPSA) is 75.1 Å². The number of nitrogens with zero attached hydrogens (tertiary/aromatic N) is 1. The van der Waals surface area contributed by atoms with Crippen molar-refractivity contribution >= 4 is 0 Å². The van der Waals surface area contributed by atoms with Gasteiger partial charge in [0.15, 0.2) is 0 Å². The Hall–Kier alpha value is -2.58. The molecule has 2 N–H and O–H groups in total. The van der Waals surface area contributed by atoms with Gasteiger partial charge in [0.1, 0.15) is 5.82 Å². The van der Waals surface area contributed by atoms with Gasteiger partial charge in [-0.3, -0.25) is 9.78 Å². The average Bonchev–Trinajstić information content (AvgIpc) is 2.36. The van der Waals surface area contributed by atoms with Crippen LogP contribution in [0.4, 0.5) is 17.6 Å². The first-order valence-electron chi connectivity index (χ1n) is 5.55. The Balaban J connectivity index is 2.78. The van der Waals surface area contributed by atoms with E-state index in [9.17, 15) is 32.3 Å². The molecule has 0 aliphatic heterocycles. The van der Waals surface area contributed by atoms with E-state index in [-0.39, 0.29) is 5.56 Å². The summed E-state index contributed by atoms with van der Waals surface area (Å²) in [5.41, 5.74) is -4.28. The minimum atomic E-state index is -4.96. The van der Waals surface area contributed by atoms with Crippen molar-refractivity contribution in [3.05, 3.63) is 56.0 Å². The Bertz CT molecular complexity index is 821. The van der Waals surface area contributed by atoms with Crippen molar-refractivity contribution in [2.45, 2.75) is 13.1 Å². The Morgan fingerprint density at radius 2 is 1.86 bits per heavy atom. The number of aromatic hydroxyl groups is 1. The van der Waals surface area contributed by atoms with E-state index in [0.717, 1.165) is 6.07 Å². The Labute approximate surface area is 114 Å². The van der Waals surface area contributed by atoms with Crippen molar-refractivity contribution in [3.8, 4) is 11.6 Å². The molecule has 0 bridgehead atoms. The molecule has 0 saturated heterocycles. The van der Waals surface area contributed by atoms with Crippen LogP contribution in [-0.4, -0.2) is 14.7 Å². The number of nitrogens with one attached hydrogen (secondary N) is 1. The molecular formula is C12H8F4N2O3. The van der Waals surface area contributed by atoms with Crippen LogP contribution in [0.5, 0.6) is 5.88 Å². The summed E-state index contributed by atoms with van der Waals surface area (Å²) in [6.07, 6.45) is -4.96. The van der Waals surface area contributed by atoms with E-state index in [2.05, 4.69) is 0 Å². The van der Waals surface area contributed by atoms with Crippen LogP contribution in [-0.2, 0) is 6.18 Å². The molecule has 0 fully saturated rings. The molecule has 1 heterocycles. The van der Waals surface area contributed by atoms with Gasteiger partial charge >= 0.3 is 11.9 Å². The van der Waals surface area contributed by atoms with Crippen LogP contribution in [0.1, 0.15) is 11.1 Å². The normalized spacial score (nSPS) is 11.7. The van der Waals surface area contributed by atoms with Crippen molar-refractivity contribution in [2.75, 3.05) is 0 Å². The molecule has 2 rings (SSSR count). The van der Waals surface area contributed by atoms with Crippen LogP contribution in [0.25, 0.3) is 5.69 Å². The molecule has 112 valence electrons. The number of benzene rings is 1. The summed E-state index contributed by atoms with van der Waals surface area (Å²) < 4.78 is 51.6. The highest BCUT2D eigenvalue weighted by atomic mass is 19.4. The summed E-state index contributed by atoms with van der Waals surface area (Å²) in [4.78, 5) is 24.7. The number of halogens is 4. The molecule has 1 aromatic carbocycles. The highest BCUT2D eigenvalue weighted by molar-refractivity contribution is 5.41. The molecule has 0 amide bonds. The number of hydrogen-bond donors (Lipinski definition) is 2. The smallest absolute Gasteiger partial charge is 0.419 e. The van der Waals surface area contributed by atoms with Crippen molar-refractivity contribution in [3.63, 3.8) is 0 Å². The van der Waals surface area contributed by atoms with Gasteiger partial charge in [-0.05, 0) is 25.1 Å². The quantitative estimate of drug-likeness (QED) is 0.787. The van der Waals surface area contributed by atoms with E-state index >= 15 is 0 Å². The van der Waals surface area contributed by atoms with Gasteiger partial charge in [0.2, 0.25) is 5.88 Å². The summed E-state index contributed by atoms with van der Waals surface area (Å²) >= 11 is 0. The molecule has 9 heteroatoms. The highest BCUT2D eigenvalue weighted by Crippen LogP contribution is 2.32. The maximum Gasteiger partial charge on any atom is 0.419 e. The Morgan fingerprint density at radius 1 is 1.24 bits per heavy atom. The number of hydrogen-bond acceptors (Lipinski definition) is 3. The second-order valence-electron chi connectivity index (χ2n) is 4.21. The van der Waals surface area contributed by atoms with Crippen LogP contribution in [0, 0.1) is 12.7 Å². The monoisotopic (exact) mass is 304 g/mol. The number of rotatable bonds is 1. The van der Waals surface area contributed by atoms with Gasteiger partial charge in [-0.25, -0.2) is 13.8 Å². The number of alkyl halides is 3. The summed E-state index contributed by atoms with van der Waals surface area (Å²) in [6, 6.07) is 1.77. The van der Waals surface area contributed by atoms with Gasteiger partial charge in [0.05, 0.1) is 16.8 Å². The molecule has 0 radical (unpaired) electrons. The van der Waals surface area contributed by atoms with Gasteiger partial charge in [-0.2, -0.15) is 13.2 Å². The van der Waals surface area contributed by atoms with Crippen LogP contribution >= 0.6 is 0 Å². The molecule has 0 unspecified atom stereocenters. The van der Waals surface area contributed by atoms with Gasteiger partial charge in [0, 0.05) is 0 Å². The molecule has 5 nitrogen and oxygen atoms in total. The lowest BCUT2D eigenvalue weighted by Gasteiger charge is -2.13. The highest BCUT2D eigenvalue weighted by Gasteiger charge is 2.34. The number of H-pyrrole nitrogens is 1. The molecule has 0 spiro atoms. The third-order valence-electron chi connectivity index (χ3n) is 2.82. The second-order valence-corrected chi connectivity index (χ2v) is 4.21. The van der Waals surface area contributed by atoms with Crippen molar-refractivity contribution in [2.24, 2.45) is 0 Å². The second kappa shape index (κ2) is 4.76. The van der Waals surface area contributed by atoms with E-state index in [1.807, 2.05) is 4.98 Å². The lowest BCUT2D eigenvalue weighted by Crippen LogP contribution is -2.30. The fourth-order valence-corrected chi connectivity index (χ4v) is 1.72. The van der Waals surface area contributed by atoms with Gasteiger partial charge < -0.3 is 5.11 Å². The third kappa shape index (κ3) is 2.54. The molecule has 0 saturated carbocycles. The van der Waals surface area contributed by atoms with Crippen LogP contribution in [0.15, 0.2) is 27.8 Å². The maximum absolute atomic E-state index is 13.2. The van der Waals surface area contributed by atoms with Gasteiger partial charge in [0.25, 0.3) is 5.56 Å². The standard InChI is InChI=1S/C12H8F4N2O3/c1-5-9(19)17-11(21)18(10(5)20)6-2-3-8(13)7(4-6)12(14,15)16/h2-4,20H,1H3,(H,17,19,21). The molecule has 1 aromatic heterocycles. The van der Waals surface area contributed by atoms with E-state index in [1.54, 1.807) is 0 Å². The van der Waals surface area contributed by atoms with E-state index < -0.39 is 40.4 Å². The zero-order valence-electron chi connectivity index (χ0n) is 10.5. The predicted octanol–water partition coefficient (Wildman–Crippen LogP) is 1.70. The van der Waals surface area contributed by atoms with Crippen LogP contribution < -0.4 is 11.2 Å². The first-order valence-corrected chi connectivity index (χ1v) is 5.55. The zero-order valence-corrected chi connectivity index (χ0v) is 10.5. The molecule has 0 aliphatic carbocycles. The molecule has 21 heavy (non-hydrogen) atoms. The first kappa shape index (κ1) is 14.8. The fraction of sp³-hybridized carbons (Fsp3) is 0.167.